The second kappa shape index (κ2) is 22.1. The molecule has 9 heteroatoms. The maximum absolute atomic E-state index is 7.58. The summed E-state index contributed by atoms with van der Waals surface area (Å²) in [6, 6.07) is 21.8. The highest BCUT2D eigenvalue weighted by Crippen LogP contribution is 2.46. The van der Waals surface area contributed by atoms with E-state index in [-0.39, 0.29) is 23.7 Å². The van der Waals surface area contributed by atoms with Crippen LogP contribution in [-0.2, 0) is 33.9 Å². The number of ether oxygens (including phenoxy) is 3. The van der Waals surface area contributed by atoms with Gasteiger partial charge in [0.05, 0.1) is 32.0 Å². The van der Waals surface area contributed by atoms with Gasteiger partial charge in [-0.15, -0.1) is 0 Å². The van der Waals surface area contributed by atoms with Crippen LogP contribution in [0, 0.1) is 17.3 Å². The summed E-state index contributed by atoms with van der Waals surface area (Å²) < 4.78 is 40.8. The predicted molar refractivity (Wildman–Crippen MR) is 238 cm³/mol. The van der Waals surface area contributed by atoms with Gasteiger partial charge in [-0.3, -0.25) is 0 Å². The monoisotopic (exact) mass is 817 g/mol. The molecule has 0 spiro atoms. The average Bonchev–Trinajstić information content (AvgIpc) is 3.55. The van der Waals surface area contributed by atoms with E-state index in [2.05, 4.69) is 112 Å². The van der Waals surface area contributed by atoms with Crippen LogP contribution in [0.3, 0.4) is 0 Å². The van der Waals surface area contributed by atoms with Crippen molar-refractivity contribution in [2.24, 2.45) is 17.3 Å². The summed E-state index contributed by atoms with van der Waals surface area (Å²) in [6.07, 6.45) is 15.0. The quantitative estimate of drug-likeness (QED) is 0.0501. The van der Waals surface area contributed by atoms with Crippen molar-refractivity contribution in [3.8, 4) is 0 Å². The molecule has 2 bridgehead atoms. The van der Waals surface area contributed by atoms with Gasteiger partial charge in [0.15, 0.2) is 25.0 Å². The van der Waals surface area contributed by atoms with E-state index < -0.39 is 30.9 Å². The van der Waals surface area contributed by atoms with E-state index in [0.29, 0.717) is 11.8 Å². The van der Waals surface area contributed by atoms with Gasteiger partial charge in [-0.05, 0) is 123 Å². The lowest BCUT2D eigenvalue weighted by molar-refractivity contribution is -0.467. The Balaban J connectivity index is 1.58. The molecule has 1 saturated carbocycles. The molecule has 0 amide bonds. The highest BCUT2D eigenvalue weighted by molar-refractivity contribution is 6.74. The Morgan fingerprint density at radius 2 is 1.18 bits per heavy atom. The number of hydrogen-bond donors (Lipinski definition) is 0. The first kappa shape index (κ1) is 47.1. The van der Waals surface area contributed by atoms with E-state index in [9.17, 15) is 0 Å². The number of rotatable bonds is 27. The van der Waals surface area contributed by atoms with Crippen molar-refractivity contribution >= 4 is 25.0 Å². The van der Waals surface area contributed by atoms with E-state index in [4.69, 9.17) is 27.5 Å². The van der Waals surface area contributed by atoms with Gasteiger partial charge in [-0.2, -0.15) is 0 Å². The molecular formula is C46H84O6Si3. The van der Waals surface area contributed by atoms with Crippen LogP contribution in [0.5, 0.6) is 0 Å². The summed E-state index contributed by atoms with van der Waals surface area (Å²) in [5.41, 5.74) is 1.42. The first-order valence-electron chi connectivity index (χ1n) is 23.1. The van der Waals surface area contributed by atoms with E-state index in [1.54, 1.807) is 0 Å². The minimum absolute atomic E-state index is 0.00206. The lowest BCUT2D eigenvalue weighted by atomic mass is 9.85. The van der Waals surface area contributed by atoms with Crippen molar-refractivity contribution in [2.75, 3.05) is 19.8 Å². The molecule has 1 aliphatic carbocycles. The highest BCUT2D eigenvalue weighted by Gasteiger charge is 2.51. The van der Waals surface area contributed by atoms with Crippen molar-refractivity contribution in [3.63, 3.8) is 0 Å². The topological polar surface area (TPSA) is 55.4 Å². The summed E-state index contributed by atoms with van der Waals surface area (Å²) in [7, 11) is -5.45. The third-order valence-corrected chi connectivity index (χ3v) is 28.8. The summed E-state index contributed by atoms with van der Waals surface area (Å²) in [6.45, 7) is 25.8. The molecule has 6 nitrogen and oxygen atoms in total. The number of benzene rings is 1. The van der Waals surface area contributed by atoms with Crippen molar-refractivity contribution < 1.29 is 27.5 Å². The molecule has 3 heterocycles. The molecule has 0 radical (unpaired) electrons. The predicted octanol–water partition coefficient (Wildman–Crippen LogP) is 13.1. The van der Waals surface area contributed by atoms with Crippen LogP contribution in [0.25, 0.3) is 0 Å². The SMILES string of the molecule is CC[Si](CC)(CC)O[C@@H](CCc1ccccc1)CC[C@@H]1[C@@H](C/C=C\CCCC23OCC(C)(CO2)CO3)[C@@H](O[Si](CC)(CC)CC)C[C@H]1O[Si](CC)(CC)CC. The Kier molecular flexibility index (Phi) is 18.9. The Bertz CT molecular complexity index is 1200. The molecule has 5 rings (SSSR count). The van der Waals surface area contributed by atoms with E-state index in [1.165, 1.54) is 60.0 Å². The zero-order chi connectivity index (χ0) is 40.0. The minimum Gasteiger partial charge on any atom is -0.414 e. The fourth-order valence-electron chi connectivity index (χ4n) is 9.86. The number of hydrogen-bond acceptors (Lipinski definition) is 6. The average molecular weight is 817 g/mol. The molecule has 1 aromatic carbocycles. The molecule has 4 aliphatic rings. The van der Waals surface area contributed by atoms with Crippen molar-refractivity contribution in [1.82, 2.24) is 0 Å². The molecule has 5 atom stereocenters. The van der Waals surface area contributed by atoms with Gasteiger partial charge < -0.3 is 27.5 Å². The van der Waals surface area contributed by atoms with Crippen LogP contribution in [0.4, 0.5) is 0 Å². The number of aryl methyl sites for hydroxylation is 1. The maximum Gasteiger partial charge on any atom is 0.282 e. The molecule has 0 N–H and O–H groups in total. The number of unbranched alkanes of at least 4 members (excludes halogenated alkanes) is 1. The van der Waals surface area contributed by atoms with E-state index >= 15 is 0 Å². The van der Waals surface area contributed by atoms with Crippen molar-refractivity contribution in [2.45, 2.75) is 206 Å². The fourth-order valence-corrected chi connectivity index (χ4v) is 18.6. The van der Waals surface area contributed by atoms with Crippen LogP contribution in [0.1, 0.15) is 126 Å². The van der Waals surface area contributed by atoms with E-state index in [1.807, 2.05) is 0 Å². The Morgan fingerprint density at radius 3 is 1.69 bits per heavy atom. The molecule has 3 aliphatic heterocycles. The van der Waals surface area contributed by atoms with Gasteiger partial charge in [0.25, 0.3) is 5.97 Å². The van der Waals surface area contributed by atoms with Gasteiger partial charge >= 0.3 is 0 Å². The third kappa shape index (κ3) is 12.4. The van der Waals surface area contributed by atoms with E-state index in [0.717, 1.165) is 77.6 Å². The van der Waals surface area contributed by atoms with Gasteiger partial charge in [0, 0.05) is 17.9 Å². The largest absolute Gasteiger partial charge is 0.414 e. The van der Waals surface area contributed by atoms with Crippen LogP contribution < -0.4 is 0 Å². The summed E-state index contributed by atoms with van der Waals surface area (Å²) in [5.74, 6) is 0.0969. The fraction of sp³-hybridized carbons (Fsp3) is 0.826. The molecule has 316 valence electrons. The summed E-state index contributed by atoms with van der Waals surface area (Å²) in [4.78, 5) is 0. The number of fused-ring (bicyclic) bond motifs is 3. The molecular weight excluding hydrogens is 733 g/mol. The molecule has 3 saturated heterocycles. The third-order valence-electron chi connectivity index (χ3n) is 14.8. The molecule has 0 aromatic heterocycles. The van der Waals surface area contributed by atoms with Crippen LogP contribution in [-0.4, -0.2) is 69.1 Å². The smallest absolute Gasteiger partial charge is 0.282 e. The van der Waals surface area contributed by atoms with Crippen molar-refractivity contribution in [3.05, 3.63) is 48.0 Å². The van der Waals surface area contributed by atoms with Gasteiger partial charge in [0.1, 0.15) is 0 Å². The maximum atomic E-state index is 7.58. The lowest BCUT2D eigenvalue weighted by Crippen LogP contribution is -2.58. The van der Waals surface area contributed by atoms with Crippen molar-refractivity contribution in [1.29, 1.82) is 0 Å². The zero-order valence-corrected chi connectivity index (χ0v) is 40.2. The number of allylic oxidation sites excluding steroid dienone is 2. The second-order valence-corrected chi connectivity index (χ2v) is 32.1. The van der Waals surface area contributed by atoms with Crippen LogP contribution in [0.15, 0.2) is 42.5 Å². The molecule has 4 fully saturated rings. The summed E-state index contributed by atoms with van der Waals surface area (Å²) >= 11 is 0. The normalized spacial score (nSPS) is 28.0. The standard InChI is InChI=1S/C46H84O6Si3/c1-11-53(12-2,13-3)50-40(31-30-39-27-23-22-24-28-39)32-33-42-41(29-25-20-21-26-34-46-47-36-45(10,37-48-46)38-49-46)43(51-54(14-4,15-5)16-6)35-44(42)52-55(17-7,18-8)19-9/h20,22-25,27-28,40-44H,11-19,21,26,29-38H2,1-10H3/b25-20-/t40-,41+,42+,43-,44+,45?,46?/m0/s1. The zero-order valence-electron chi connectivity index (χ0n) is 37.2. The van der Waals surface area contributed by atoms with Gasteiger partial charge in [-0.25, -0.2) is 0 Å². The molecule has 55 heavy (non-hydrogen) atoms. The molecule has 1 aromatic rings. The minimum atomic E-state index is -1.84. The highest BCUT2D eigenvalue weighted by atomic mass is 28.4. The second-order valence-electron chi connectivity index (χ2n) is 17.9. The Labute approximate surface area is 342 Å². The summed E-state index contributed by atoms with van der Waals surface area (Å²) in [5, 5.41) is 0. The first-order valence-corrected chi connectivity index (χ1v) is 30.7. The lowest BCUT2D eigenvalue weighted by Gasteiger charge is -2.50. The first-order chi connectivity index (χ1) is 26.5. The van der Waals surface area contributed by atoms with Gasteiger partial charge in [-0.1, -0.05) is 112 Å². The van der Waals surface area contributed by atoms with Crippen LogP contribution >= 0.6 is 0 Å². The van der Waals surface area contributed by atoms with Crippen LogP contribution in [0.2, 0.25) is 54.4 Å². The Hall–Kier alpha value is -0.629. The van der Waals surface area contributed by atoms with Gasteiger partial charge in [0.2, 0.25) is 0 Å². The molecule has 0 unspecified atom stereocenters. The Morgan fingerprint density at radius 1 is 0.673 bits per heavy atom.